The Hall–Kier alpha value is -2.32. The van der Waals surface area contributed by atoms with Crippen molar-refractivity contribution in [1.29, 1.82) is 0 Å². The molecule has 0 bridgehead atoms. The van der Waals surface area contributed by atoms with Gasteiger partial charge in [0.05, 0.1) is 6.54 Å². The van der Waals surface area contributed by atoms with Crippen LogP contribution < -0.4 is 25.3 Å². The average Bonchev–Trinajstić information content (AvgIpc) is 3.19. The minimum Gasteiger partial charge on any atom is -0.492 e. The molecule has 0 aliphatic carbocycles. The molecule has 1 amide bonds. The Morgan fingerprint density at radius 3 is 3.09 bits per heavy atom. The van der Waals surface area contributed by atoms with Gasteiger partial charge in [0.1, 0.15) is 23.1 Å². The third-order valence-electron chi connectivity index (χ3n) is 2.96. The molecule has 1 aromatic heterocycles. The number of nitrogens with one attached hydrogen (secondary N) is 1. The lowest BCUT2D eigenvalue weighted by Crippen LogP contribution is -2.28. The number of carbonyl (C=O) groups excluding carboxylic acids is 1. The summed E-state index contributed by atoms with van der Waals surface area (Å²) in [7, 11) is 0. The number of rotatable bonds is 6. The summed E-state index contributed by atoms with van der Waals surface area (Å²) in [5, 5.41) is 5.17. The number of aromatic nitrogens is 1. The topological polar surface area (TPSA) is 95.7 Å². The molecule has 1 aromatic carbocycles. The second kappa shape index (κ2) is 6.63. The molecule has 0 spiro atoms. The summed E-state index contributed by atoms with van der Waals surface area (Å²) in [6, 6.07) is 5.35. The predicted molar refractivity (Wildman–Crippen MR) is 80.4 cm³/mol. The van der Waals surface area contributed by atoms with Gasteiger partial charge in [0.15, 0.2) is 11.5 Å². The van der Waals surface area contributed by atoms with Crippen molar-refractivity contribution >= 4 is 17.2 Å². The van der Waals surface area contributed by atoms with Crippen molar-refractivity contribution in [2.45, 2.75) is 6.54 Å². The van der Waals surface area contributed by atoms with Gasteiger partial charge in [0.25, 0.3) is 5.91 Å². The van der Waals surface area contributed by atoms with E-state index >= 15 is 0 Å². The first-order valence-electron chi connectivity index (χ1n) is 6.71. The molecule has 0 fully saturated rings. The maximum absolute atomic E-state index is 11.8. The first kappa shape index (κ1) is 14.6. The van der Waals surface area contributed by atoms with Crippen molar-refractivity contribution in [3.05, 3.63) is 34.3 Å². The number of carbonyl (C=O) groups is 1. The smallest absolute Gasteiger partial charge is 0.270 e. The molecular weight excluding hydrogens is 306 g/mol. The van der Waals surface area contributed by atoms with Crippen molar-refractivity contribution < 1.29 is 19.0 Å². The van der Waals surface area contributed by atoms with Crippen LogP contribution in [0.1, 0.15) is 15.5 Å². The molecule has 0 saturated carbocycles. The number of fused-ring (bicyclic) bond motifs is 1. The Balaban J connectivity index is 1.44. The molecule has 0 unspecified atom stereocenters. The van der Waals surface area contributed by atoms with Gasteiger partial charge in [-0.3, -0.25) is 4.79 Å². The zero-order valence-electron chi connectivity index (χ0n) is 11.7. The summed E-state index contributed by atoms with van der Waals surface area (Å²) in [4.78, 5) is 16.0. The minimum atomic E-state index is -0.231. The van der Waals surface area contributed by atoms with Crippen LogP contribution in [0.2, 0.25) is 0 Å². The molecule has 116 valence electrons. The summed E-state index contributed by atoms with van der Waals surface area (Å²) < 4.78 is 16.0. The summed E-state index contributed by atoms with van der Waals surface area (Å²) in [6.45, 7) is 1.29. The van der Waals surface area contributed by atoms with E-state index < -0.39 is 0 Å². The van der Waals surface area contributed by atoms with Crippen LogP contribution >= 0.6 is 11.3 Å². The fraction of sp³-hybridized carbons (Fsp3) is 0.286. The molecule has 1 aliphatic heterocycles. The summed E-state index contributed by atoms with van der Waals surface area (Å²) >= 11 is 1.37. The van der Waals surface area contributed by atoms with Crippen LogP contribution in [0.15, 0.2) is 23.6 Å². The summed E-state index contributed by atoms with van der Waals surface area (Å²) in [6.07, 6.45) is 0. The monoisotopic (exact) mass is 321 g/mol. The Bertz CT molecular complexity index is 674. The van der Waals surface area contributed by atoms with Crippen molar-refractivity contribution in [3.63, 3.8) is 0 Å². The molecule has 0 atom stereocenters. The number of ether oxygens (including phenoxy) is 3. The van der Waals surface area contributed by atoms with E-state index in [1.807, 2.05) is 0 Å². The van der Waals surface area contributed by atoms with Crippen LogP contribution in [0.4, 0.5) is 0 Å². The number of benzene rings is 1. The van der Waals surface area contributed by atoms with E-state index in [9.17, 15) is 4.79 Å². The molecule has 1 aliphatic rings. The van der Waals surface area contributed by atoms with Gasteiger partial charge in [-0.1, -0.05) is 0 Å². The summed E-state index contributed by atoms with van der Waals surface area (Å²) in [5.74, 6) is 1.81. The highest BCUT2D eigenvalue weighted by atomic mass is 32.1. The Morgan fingerprint density at radius 2 is 2.27 bits per heavy atom. The van der Waals surface area contributed by atoms with Gasteiger partial charge in [0, 0.05) is 18.0 Å². The first-order valence-corrected chi connectivity index (χ1v) is 7.59. The SMILES string of the molecule is NCc1nc(C(=O)NCCOc2ccc3c(c2)OCO3)cs1. The van der Waals surface area contributed by atoms with Crippen molar-refractivity contribution in [2.24, 2.45) is 5.73 Å². The molecule has 0 radical (unpaired) electrons. The predicted octanol–water partition coefficient (Wildman–Crippen LogP) is 1.14. The lowest BCUT2D eigenvalue weighted by atomic mass is 10.3. The number of nitrogens with zero attached hydrogens (tertiary/aromatic N) is 1. The summed E-state index contributed by atoms with van der Waals surface area (Å²) in [5.41, 5.74) is 5.85. The van der Waals surface area contributed by atoms with Gasteiger partial charge in [0.2, 0.25) is 6.79 Å². The first-order chi connectivity index (χ1) is 10.8. The van der Waals surface area contributed by atoms with E-state index in [2.05, 4.69) is 10.3 Å². The van der Waals surface area contributed by atoms with Crippen LogP contribution in [0.5, 0.6) is 17.2 Å². The van der Waals surface area contributed by atoms with Crippen molar-refractivity contribution in [1.82, 2.24) is 10.3 Å². The lowest BCUT2D eigenvalue weighted by Gasteiger charge is -2.07. The molecule has 2 heterocycles. The highest BCUT2D eigenvalue weighted by Gasteiger charge is 2.14. The average molecular weight is 321 g/mol. The van der Waals surface area contributed by atoms with Crippen LogP contribution in [-0.2, 0) is 6.54 Å². The fourth-order valence-corrected chi connectivity index (χ4v) is 2.55. The zero-order valence-corrected chi connectivity index (χ0v) is 12.5. The number of thiazole rings is 1. The minimum absolute atomic E-state index is 0.229. The standard InChI is InChI=1S/C14H15N3O4S/c15-6-13-17-10(7-22-13)14(18)16-3-4-19-9-1-2-11-12(5-9)21-8-20-11/h1-2,5,7H,3-4,6,8,15H2,(H,16,18). The Labute approximate surface area is 131 Å². The molecule has 3 N–H and O–H groups in total. The highest BCUT2D eigenvalue weighted by Crippen LogP contribution is 2.34. The molecule has 8 heteroatoms. The van der Waals surface area contributed by atoms with E-state index in [4.69, 9.17) is 19.9 Å². The van der Waals surface area contributed by atoms with E-state index in [1.165, 1.54) is 11.3 Å². The molecule has 7 nitrogen and oxygen atoms in total. The zero-order chi connectivity index (χ0) is 15.4. The fourth-order valence-electron chi connectivity index (χ4n) is 1.90. The number of amides is 1. The van der Waals surface area contributed by atoms with Gasteiger partial charge < -0.3 is 25.3 Å². The van der Waals surface area contributed by atoms with Crippen LogP contribution in [-0.4, -0.2) is 30.8 Å². The Morgan fingerprint density at radius 1 is 1.41 bits per heavy atom. The van der Waals surface area contributed by atoms with E-state index in [-0.39, 0.29) is 12.7 Å². The Kier molecular flexibility index (Phi) is 4.40. The lowest BCUT2D eigenvalue weighted by molar-refractivity contribution is 0.0942. The van der Waals surface area contributed by atoms with Crippen molar-refractivity contribution in [3.8, 4) is 17.2 Å². The number of hydrogen-bond donors (Lipinski definition) is 2. The largest absolute Gasteiger partial charge is 0.492 e. The molecular formula is C14H15N3O4S. The van der Waals surface area contributed by atoms with Gasteiger partial charge in [-0.05, 0) is 12.1 Å². The number of nitrogens with two attached hydrogens (primary N) is 1. The highest BCUT2D eigenvalue weighted by molar-refractivity contribution is 7.09. The maximum atomic E-state index is 11.8. The van der Waals surface area contributed by atoms with Gasteiger partial charge >= 0.3 is 0 Å². The van der Waals surface area contributed by atoms with Crippen molar-refractivity contribution in [2.75, 3.05) is 19.9 Å². The van der Waals surface area contributed by atoms with Crippen LogP contribution in [0, 0.1) is 0 Å². The van der Waals surface area contributed by atoms with E-state index in [1.54, 1.807) is 23.6 Å². The van der Waals surface area contributed by atoms with Gasteiger partial charge in [-0.25, -0.2) is 4.98 Å². The van der Waals surface area contributed by atoms with Crippen LogP contribution in [0.3, 0.4) is 0 Å². The maximum Gasteiger partial charge on any atom is 0.270 e. The van der Waals surface area contributed by atoms with Gasteiger partial charge in [-0.2, -0.15) is 0 Å². The molecule has 2 aromatic rings. The van der Waals surface area contributed by atoms with Gasteiger partial charge in [-0.15, -0.1) is 11.3 Å². The molecule has 0 saturated heterocycles. The molecule has 3 rings (SSSR count). The normalized spacial score (nSPS) is 12.2. The second-order valence-electron chi connectivity index (χ2n) is 4.45. The quantitative estimate of drug-likeness (QED) is 0.775. The van der Waals surface area contributed by atoms with Crippen LogP contribution in [0.25, 0.3) is 0 Å². The third kappa shape index (κ3) is 3.29. The molecule has 22 heavy (non-hydrogen) atoms. The van der Waals surface area contributed by atoms with E-state index in [0.717, 1.165) is 5.01 Å². The second-order valence-corrected chi connectivity index (χ2v) is 5.39. The number of hydrogen-bond acceptors (Lipinski definition) is 7. The van der Waals surface area contributed by atoms with E-state index in [0.29, 0.717) is 42.6 Å². The third-order valence-corrected chi connectivity index (χ3v) is 3.83.